The summed E-state index contributed by atoms with van der Waals surface area (Å²) in [6.45, 7) is 3.09. The van der Waals surface area contributed by atoms with Crippen molar-refractivity contribution in [3.8, 4) is 0 Å². The summed E-state index contributed by atoms with van der Waals surface area (Å²) < 4.78 is 10.6. The van der Waals surface area contributed by atoms with Crippen LogP contribution < -0.4 is 0 Å². The Morgan fingerprint density at radius 1 is 0.917 bits per heavy atom. The Kier molecular flexibility index (Phi) is 12.8. The lowest BCUT2D eigenvalue weighted by Gasteiger charge is -2.20. The molecule has 144 valence electrons. The summed E-state index contributed by atoms with van der Waals surface area (Å²) in [5.74, 6) is 0. The van der Waals surface area contributed by atoms with E-state index in [1.807, 2.05) is 0 Å². The Bertz CT molecular complexity index is 287. The van der Waals surface area contributed by atoms with Gasteiger partial charge in [-0.3, -0.25) is 0 Å². The molecule has 1 heterocycles. The second-order valence-corrected chi connectivity index (χ2v) is 7.03. The van der Waals surface area contributed by atoms with Crippen molar-refractivity contribution in [3.63, 3.8) is 0 Å². The van der Waals surface area contributed by atoms with Crippen molar-refractivity contribution in [1.29, 1.82) is 0 Å². The highest BCUT2D eigenvalue weighted by Gasteiger charge is 2.39. The van der Waals surface area contributed by atoms with Gasteiger partial charge in [0.25, 0.3) is 0 Å². The first-order valence-corrected chi connectivity index (χ1v) is 9.90. The van der Waals surface area contributed by atoms with Crippen LogP contribution in [0.3, 0.4) is 0 Å². The van der Waals surface area contributed by atoms with Gasteiger partial charge in [-0.15, -0.1) is 0 Å². The zero-order chi connectivity index (χ0) is 17.6. The molecule has 0 saturated carbocycles. The Balaban J connectivity index is 1.82. The van der Waals surface area contributed by atoms with E-state index in [0.29, 0.717) is 6.61 Å². The van der Waals surface area contributed by atoms with Crippen molar-refractivity contribution in [2.45, 2.75) is 102 Å². The average Bonchev–Trinajstić information content (AvgIpc) is 2.91. The van der Waals surface area contributed by atoms with Crippen LogP contribution in [0.1, 0.15) is 77.6 Å². The van der Waals surface area contributed by atoms with Gasteiger partial charge in [0.1, 0.15) is 24.4 Å². The summed E-state index contributed by atoms with van der Waals surface area (Å²) in [7, 11) is 0. The van der Waals surface area contributed by atoms with Crippen LogP contribution >= 0.6 is 0 Å². The average molecular weight is 347 g/mol. The van der Waals surface area contributed by atoms with Gasteiger partial charge < -0.3 is 24.8 Å². The minimum atomic E-state index is -1.02. The van der Waals surface area contributed by atoms with E-state index in [4.69, 9.17) is 9.47 Å². The molecule has 0 bridgehead atoms. The normalized spacial score (nSPS) is 25.2. The SMILES string of the molecule is CCCCCCCCCCCCCOC[C@H](O)[C@@H]1OC[C@@H](O)[C@@H]1O. The lowest BCUT2D eigenvalue weighted by atomic mass is 10.1. The number of hydrogen-bond acceptors (Lipinski definition) is 5. The molecular formula is C19H38O5. The number of aliphatic hydroxyl groups is 3. The summed E-state index contributed by atoms with van der Waals surface area (Å²) in [4.78, 5) is 0. The molecular weight excluding hydrogens is 308 g/mol. The molecule has 0 aromatic rings. The Morgan fingerprint density at radius 2 is 1.46 bits per heavy atom. The van der Waals surface area contributed by atoms with Gasteiger partial charge in [0, 0.05) is 6.61 Å². The Labute approximate surface area is 147 Å². The van der Waals surface area contributed by atoms with Crippen LogP contribution in [0.4, 0.5) is 0 Å². The fourth-order valence-electron chi connectivity index (χ4n) is 3.13. The predicted molar refractivity (Wildman–Crippen MR) is 95.0 cm³/mol. The van der Waals surface area contributed by atoms with E-state index < -0.39 is 24.4 Å². The van der Waals surface area contributed by atoms with Gasteiger partial charge in [-0.2, -0.15) is 0 Å². The standard InChI is InChI=1S/C19H38O5/c1-2-3-4-5-6-7-8-9-10-11-12-13-23-14-17(21)19-18(22)16(20)15-24-19/h16-22H,2-15H2,1H3/t16-,17+,18+,19+/m1/s1. The summed E-state index contributed by atoms with van der Waals surface area (Å²) in [6, 6.07) is 0. The zero-order valence-electron chi connectivity index (χ0n) is 15.4. The molecule has 0 amide bonds. The number of ether oxygens (including phenoxy) is 2. The second-order valence-electron chi connectivity index (χ2n) is 7.03. The van der Waals surface area contributed by atoms with Crippen LogP contribution in [0.25, 0.3) is 0 Å². The monoisotopic (exact) mass is 346 g/mol. The highest BCUT2D eigenvalue weighted by Crippen LogP contribution is 2.18. The van der Waals surface area contributed by atoms with Crippen LogP contribution in [0.2, 0.25) is 0 Å². The molecule has 0 aromatic heterocycles. The third-order valence-electron chi connectivity index (χ3n) is 4.75. The fourth-order valence-corrected chi connectivity index (χ4v) is 3.13. The van der Waals surface area contributed by atoms with Crippen LogP contribution in [0.5, 0.6) is 0 Å². The zero-order valence-corrected chi connectivity index (χ0v) is 15.4. The first kappa shape index (κ1) is 21.8. The molecule has 24 heavy (non-hydrogen) atoms. The molecule has 5 nitrogen and oxygen atoms in total. The maximum atomic E-state index is 9.89. The molecule has 1 aliphatic rings. The van der Waals surface area contributed by atoms with E-state index in [0.717, 1.165) is 12.8 Å². The largest absolute Gasteiger partial charge is 0.388 e. The number of unbranched alkanes of at least 4 members (excludes halogenated alkanes) is 10. The van der Waals surface area contributed by atoms with Crippen molar-refractivity contribution in [1.82, 2.24) is 0 Å². The van der Waals surface area contributed by atoms with Gasteiger partial charge in [-0.1, -0.05) is 71.1 Å². The lowest BCUT2D eigenvalue weighted by Crippen LogP contribution is -2.40. The minimum Gasteiger partial charge on any atom is -0.388 e. The minimum absolute atomic E-state index is 0.0709. The molecule has 5 heteroatoms. The van der Waals surface area contributed by atoms with Crippen molar-refractivity contribution in [3.05, 3.63) is 0 Å². The van der Waals surface area contributed by atoms with E-state index in [1.165, 1.54) is 57.8 Å². The summed E-state index contributed by atoms with van der Waals surface area (Å²) in [5, 5.41) is 28.9. The first-order chi connectivity index (χ1) is 11.7. The number of aliphatic hydroxyl groups excluding tert-OH is 3. The van der Waals surface area contributed by atoms with E-state index in [-0.39, 0.29) is 13.2 Å². The summed E-state index contributed by atoms with van der Waals surface area (Å²) >= 11 is 0. The van der Waals surface area contributed by atoms with Gasteiger partial charge in [0.2, 0.25) is 0 Å². The van der Waals surface area contributed by atoms with Crippen LogP contribution in [-0.2, 0) is 9.47 Å². The van der Waals surface area contributed by atoms with Crippen molar-refractivity contribution in [2.75, 3.05) is 19.8 Å². The molecule has 1 fully saturated rings. The van der Waals surface area contributed by atoms with Crippen LogP contribution in [0, 0.1) is 0 Å². The third kappa shape index (κ3) is 9.33. The molecule has 3 N–H and O–H groups in total. The highest BCUT2D eigenvalue weighted by molar-refractivity contribution is 4.87. The molecule has 1 saturated heterocycles. The molecule has 0 aromatic carbocycles. The molecule has 0 spiro atoms. The van der Waals surface area contributed by atoms with Crippen molar-refractivity contribution in [2.24, 2.45) is 0 Å². The molecule has 0 unspecified atom stereocenters. The van der Waals surface area contributed by atoms with Crippen LogP contribution in [-0.4, -0.2) is 59.6 Å². The fraction of sp³-hybridized carbons (Fsp3) is 1.00. The Hall–Kier alpha value is -0.200. The van der Waals surface area contributed by atoms with Crippen LogP contribution in [0.15, 0.2) is 0 Å². The van der Waals surface area contributed by atoms with Gasteiger partial charge in [0.05, 0.1) is 13.2 Å². The first-order valence-electron chi connectivity index (χ1n) is 9.90. The van der Waals surface area contributed by atoms with Crippen molar-refractivity contribution < 1.29 is 24.8 Å². The molecule has 0 radical (unpaired) electrons. The quantitative estimate of drug-likeness (QED) is 0.397. The van der Waals surface area contributed by atoms with Gasteiger partial charge in [-0.05, 0) is 6.42 Å². The number of hydrogen-bond donors (Lipinski definition) is 3. The van der Waals surface area contributed by atoms with Gasteiger partial charge in [-0.25, -0.2) is 0 Å². The number of rotatable bonds is 15. The van der Waals surface area contributed by atoms with Crippen molar-refractivity contribution >= 4 is 0 Å². The predicted octanol–water partition coefficient (Wildman–Crippen LogP) is 2.80. The highest BCUT2D eigenvalue weighted by atomic mass is 16.5. The van der Waals surface area contributed by atoms with E-state index >= 15 is 0 Å². The molecule has 1 rings (SSSR count). The molecule has 0 aliphatic carbocycles. The van der Waals surface area contributed by atoms with E-state index in [2.05, 4.69) is 6.92 Å². The topological polar surface area (TPSA) is 79.2 Å². The van der Waals surface area contributed by atoms with E-state index in [9.17, 15) is 15.3 Å². The van der Waals surface area contributed by atoms with Gasteiger partial charge >= 0.3 is 0 Å². The summed E-state index contributed by atoms with van der Waals surface area (Å²) in [5.41, 5.74) is 0. The molecule has 4 atom stereocenters. The smallest absolute Gasteiger partial charge is 0.114 e. The van der Waals surface area contributed by atoms with Gasteiger partial charge in [0.15, 0.2) is 0 Å². The maximum Gasteiger partial charge on any atom is 0.114 e. The second kappa shape index (κ2) is 14.0. The lowest BCUT2D eigenvalue weighted by molar-refractivity contribution is -0.0813. The third-order valence-corrected chi connectivity index (χ3v) is 4.75. The van der Waals surface area contributed by atoms with E-state index in [1.54, 1.807) is 0 Å². The summed E-state index contributed by atoms with van der Waals surface area (Å²) in [6.07, 6.45) is 10.7. The Morgan fingerprint density at radius 3 is 1.96 bits per heavy atom. The molecule has 1 aliphatic heterocycles. The maximum absolute atomic E-state index is 9.89.